The second-order valence-electron chi connectivity index (χ2n) is 7.53. The van der Waals surface area contributed by atoms with Gasteiger partial charge in [-0.1, -0.05) is 27.7 Å². The number of methoxy groups -OCH3 is 2. The highest BCUT2D eigenvalue weighted by atomic mass is 32.2. The van der Waals surface area contributed by atoms with Crippen LogP contribution in [0.25, 0.3) is 0 Å². The number of nitrogens with one attached hydrogen (secondary N) is 3. The first kappa shape index (κ1) is 24.6. The predicted molar refractivity (Wildman–Crippen MR) is 121 cm³/mol. The van der Waals surface area contributed by atoms with E-state index >= 15 is 0 Å². The fraction of sp³-hybridized carbons (Fsp3) is 0.550. The minimum Gasteiger partial charge on any atom is -0.481 e. The molecular weight excluding hydrogens is 422 g/mol. The summed E-state index contributed by atoms with van der Waals surface area (Å²) < 4.78 is 32.4. The first-order valence-corrected chi connectivity index (χ1v) is 11.2. The lowest BCUT2D eigenvalue weighted by Gasteiger charge is -2.25. The molecule has 2 amide bonds. The van der Waals surface area contributed by atoms with Crippen molar-refractivity contribution >= 4 is 28.5 Å². The Balaban J connectivity index is 2.35. The summed E-state index contributed by atoms with van der Waals surface area (Å²) >= 11 is 0. The highest BCUT2D eigenvalue weighted by Gasteiger charge is 2.21. The summed E-state index contributed by atoms with van der Waals surface area (Å²) in [5, 5.41) is 13.2. The van der Waals surface area contributed by atoms with E-state index in [9.17, 15) is 9.00 Å². The van der Waals surface area contributed by atoms with Crippen LogP contribution >= 0.6 is 0 Å². The topological polar surface area (TPSA) is 135 Å². The standard InChI is InChI=1S/C20H31N5O5S/c1-11(2)14-7-16(29-6)23-17(12(3)4)18(14)24-20(26)25-31(27)15(8-21)19-22-9-13(28-5)10-30-19/h7-8,11-13,21-22,31H,9-10H2,1-6H3,(H,24,26)/b19-15-,21-8?/t13-/m0/s1. The predicted octanol–water partition coefficient (Wildman–Crippen LogP) is 2.99. The molecule has 1 aliphatic rings. The highest BCUT2D eigenvalue weighted by molar-refractivity contribution is 7.80. The minimum atomic E-state index is -2.55. The third kappa shape index (κ3) is 6.17. The van der Waals surface area contributed by atoms with Crippen molar-refractivity contribution in [2.45, 2.75) is 45.6 Å². The third-order valence-corrected chi connectivity index (χ3v) is 5.77. The maximum Gasteiger partial charge on any atom is 0.353 e. The lowest BCUT2D eigenvalue weighted by molar-refractivity contribution is 0.00304. The zero-order chi connectivity index (χ0) is 23.1. The molecule has 0 saturated carbocycles. The minimum absolute atomic E-state index is 0.000671. The van der Waals surface area contributed by atoms with Crippen molar-refractivity contribution in [2.75, 3.05) is 32.7 Å². The van der Waals surface area contributed by atoms with Crippen molar-refractivity contribution in [1.82, 2.24) is 10.3 Å². The van der Waals surface area contributed by atoms with Crippen molar-refractivity contribution in [2.24, 2.45) is 4.36 Å². The van der Waals surface area contributed by atoms with E-state index in [2.05, 4.69) is 20.0 Å². The number of pyridine rings is 1. The van der Waals surface area contributed by atoms with Gasteiger partial charge in [-0.25, -0.2) is 14.0 Å². The molecule has 0 spiro atoms. The Morgan fingerprint density at radius 2 is 2.10 bits per heavy atom. The second-order valence-corrected chi connectivity index (χ2v) is 8.76. The number of amides is 2. The summed E-state index contributed by atoms with van der Waals surface area (Å²) in [5.74, 6) is 0.702. The van der Waals surface area contributed by atoms with Crippen LogP contribution in [-0.2, 0) is 20.1 Å². The lowest BCUT2D eigenvalue weighted by atomic mass is 9.97. The van der Waals surface area contributed by atoms with Gasteiger partial charge in [-0.2, -0.15) is 0 Å². The van der Waals surface area contributed by atoms with Crippen LogP contribution in [0.3, 0.4) is 0 Å². The Hall–Kier alpha value is -2.66. The van der Waals surface area contributed by atoms with E-state index in [4.69, 9.17) is 19.6 Å². The van der Waals surface area contributed by atoms with Crippen LogP contribution in [0, 0.1) is 5.41 Å². The number of hydrogen-bond acceptors (Lipinski definition) is 8. The Morgan fingerprint density at radius 1 is 1.39 bits per heavy atom. The molecule has 1 unspecified atom stereocenters. The number of urea groups is 1. The van der Waals surface area contributed by atoms with E-state index in [0.717, 1.165) is 11.8 Å². The summed E-state index contributed by atoms with van der Waals surface area (Å²) in [4.78, 5) is 17.1. The van der Waals surface area contributed by atoms with Crippen molar-refractivity contribution in [3.8, 4) is 5.88 Å². The number of thiol groups is 1. The molecule has 1 fully saturated rings. The maximum atomic E-state index is 12.7. The first-order chi connectivity index (χ1) is 14.7. The van der Waals surface area contributed by atoms with Gasteiger partial charge in [-0.15, -0.1) is 4.36 Å². The van der Waals surface area contributed by atoms with Crippen molar-refractivity contribution in [1.29, 1.82) is 5.41 Å². The second kappa shape index (κ2) is 11.1. The summed E-state index contributed by atoms with van der Waals surface area (Å²) in [6.45, 7) is 8.57. The van der Waals surface area contributed by atoms with Gasteiger partial charge in [0.05, 0.1) is 29.1 Å². The number of carbonyl (C=O) groups excluding carboxylic acids is 1. The summed E-state index contributed by atoms with van der Waals surface area (Å²) in [6.07, 6.45) is 0.722. The van der Waals surface area contributed by atoms with E-state index in [1.165, 1.54) is 7.11 Å². The van der Waals surface area contributed by atoms with Gasteiger partial charge in [0, 0.05) is 25.9 Å². The molecular formula is C20H31N5O5S. The molecule has 3 N–H and O–H groups in total. The number of nitrogens with zero attached hydrogens (tertiary/aromatic N) is 2. The molecule has 1 saturated heterocycles. The van der Waals surface area contributed by atoms with Gasteiger partial charge in [0.2, 0.25) is 11.8 Å². The fourth-order valence-corrected chi connectivity index (χ4v) is 3.71. The molecule has 0 radical (unpaired) electrons. The Bertz CT molecular complexity index is 899. The molecule has 1 aromatic rings. The quantitative estimate of drug-likeness (QED) is 0.368. The molecule has 0 bridgehead atoms. The average molecular weight is 454 g/mol. The Kier molecular flexibility index (Phi) is 8.81. The van der Waals surface area contributed by atoms with Crippen LogP contribution in [-0.4, -0.2) is 54.9 Å². The fourth-order valence-electron chi connectivity index (χ4n) is 2.96. The largest absolute Gasteiger partial charge is 0.481 e. The third-order valence-electron chi connectivity index (χ3n) is 4.66. The molecule has 172 valence electrons. The number of aromatic nitrogens is 1. The van der Waals surface area contributed by atoms with Gasteiger partial charge in [-0.05, 0) is 17.4 Å². The molecule has 31 heavy (non-hydrogen) atoms. The Labute approximate surface area is 184 Å². The van der Waals surface area contributed by atoms with Gasteiger partial charge >= 0.3 is 6.03 Å². The van der Waals surface area contributed by atoms with Crippen molar-refractivity contribution < 1.29 is 23.2 Å². The van der Waals surface area contributed by atoms with Crippen LogP contribution in [0.4, 0.5) is 10.5 Å². The van der Waals surface area contributed by atoms with E-state index < -0.39 is 16.6 Å². The van der Waals surface area contributed by atoms with E-state index in [1.54, 1.807) is 13.2 Å². The van der Waals surface area contributed by atoms with E-state index in [1.807, 2.05) is 27.7 Å². The summed E-state index contributed by atoms with van der Waals surface area (Å²) in [7, 11) is 0.547. The molecule has 0 aromatic carbocycles. The molecule has 0 aliphatic carbocycles. The monoisotopic (exact) mass is 453 g/mol. The van der Waals surface area contributed by atoms with Gasteiger partial charge in [0.25, 0.3) is 0 Å². The lowest BCUT2D eigenvalue weighted by Crippen LogP contribution is -2.39. The smallest absolute Gasteiger partial charge is 0.353 e. The number of allylic oxidation sites excluding steroid dienone is 1. The van der Waals surface area contributed by atoms with Crippen LogP contribution in [0.2, 0.25) is 0 Å². The van der Waals surface area contributed by atoms with Crippen molar-refractivity contribution in [3.63, 3.8) is 0 Å². The molecule has 2 heterocycles. The van der Waals surface area contributed by atoms with Gasteiger partial charge in [-0.3, -0.25) is 0 Å². The number of ether oxygens (including phenoxy) is 3. The molecule has 11 heteroatoms. The highest BCUT2D eigenvalue weighted by Crippen LogP contribution is 2.34. The SMILES string of the molecule is COc1cc(C(C)C)c(NC(=O)/N=[SH](=O)/C(C=N)=C2/NC[C@H](OC)CO2)c(C(C)C)n1. The van der Waals surface area contributed by atoms with Gasteiger partial charge in [0.1, 0.15) is 17.6 Å². The van der Waals surface area contributed by atoms with Gasteiger partial charge < -0.3 is 30.3 Å². The molecule has 2 atom stereocenters. The maximum absolute atomic E-state index is 12.7. The summed E-state index contributed by atoms with van der Waals surface area (Å²) in [6, 6.07) is 0.978. The number of anilines is 1. The molecule has 2 rings (SSSR count). The van der Waals surface area contributed by atoms with Crippen LogP contribution in [0.15, 0.2) is 21.2 Å². The number of hydrogen-bond donors (Lipinski definition) is 4. The zero-order valence-corrected chi connectivity index (χ0v) is 19.6. The normalized spacial score (nSPS) is 18.9. The van der Waals surface area contributed by atoms with Crippen LogP contribution in [0.5, 0.6) is 5.88 Å². The van der Waals surface area contributed by atoms with E-state index in [0.29, 0.717) is 23.8 Å². The van der Waals surface area contributed by atoms with Crippen LogP contribution in [0.1, 0.15) is 50.8 Å². The zero-order valence-electron chi connectivity index (χ0n) is 18.7. The van der Waals surface area contributed by atoms with E-state index in [-0.39, 0.29) is 35.3 Å². The number of rotatable bonds is 7. The van der Waals surface area contributed by atoms with Crippen molar-refractivity contribution in [3.05, 3.63) is 28.1 Å². The number of carbonyl (C=O) groups is 1. The van der Waals surface area contributed by atoms with Crippen LogP contribution < -0.4 is 15.4 Å². The van der Waals surface area contributed by atoms with Gasteiger partial charge in [0.15, 0.2) is 0 Å². The Morgan fingerprint density at radius 3 is 2.58 bits per heavy atom. The molecule has 1 aliphatic heterocycles. The summed E-state index contributed by atoms with van der Waals surface area (Å²) in [5.41, 5.74) is 2.01. The average Bonchev–Trinajstić information content (AvgIpc) is 2.74. The molecule has 10 nitrogen and oxygen atoms in total. The molecule has 1 aromatic heterocycles. The first-order valence-electron chi connectivity index (χ1n) is 9.94.